The van der Waals surface area contributed by atoms with Crippen LogP contribution in [0.15, 0.2) is 36.4 Å². The monoisotopic (exact) mass is 396 g/mol. The Balaban J connectivity index is 2.42. The zero-order valence-corrected chi connectivity index (χ0v) is 16.1. The van der Waals surface area contributed by atoms with Gasteiger partial charge in [0.15, 0.2) is 5.75 Å². The van der Waals surface area contributed by atoms with Crippen molar-refractivity contribution in [3.8, 4) is 17.2 Å². The summed E-state index contributed by atoms with van der Waals surface area (Å²) in [4.78, 5) is 10.5. The van der Waals surface area contributed by atoms with Crippen LogP contribution in [0.4, 0.5) is 11.4 Å². The largest absolute Gasteiger partial charge is 0.497 e. The molecular weight excluding hydrogens is 376 g/mol. The molecule has 2 aromatic rings. The fourth-order valence-electron chi connectivity index (χ4n) is 2.32. The minimum absolute atomic E-state index is 0.00779. The topological polar surface area (TPSA) is 108 Å². The lowest BCUT2D eigenvalue weighted by Crippen LogP contribution is -2.25. The fourth-order valence-corrected chi connectivity index (χ4v) is 2.83. The SMILES string of the molecule is COc1ccc(OC)c(COc2cc([N+](=O)[O-])ccc2N(C)S(C)(=O)=O)c1. The lowest BCUT2D eigenvalue weighted by atomic mass is 10.2. The molecule has 146 valence electrons. The molecule has 0 bridgehead atoms. The van der Waals surface area contributed by atoms with Gasteiger partial charge in [-0.2, -0.15) is 0 Å². The average Bonchev–Trinajstić information content (AvgIpc) is 2.64. The average molecular weight is 396 g/mol. The van der Waals surface area contributed by atoms with Crippen molar-refractivity contribution >= 4 is 21.4 Å². The summed E-state index contributed by atoms with van der Waals surface area (Å²) in [6.07, 6.45) is 1.03. The standard InChI is InChI=1S/C17H20N2O7S/c1-18(27(4,22)23)15-7-5-13(19(20)21)10-17(15)26-11-12-9-14(24-2)6-8-16(12)25-3/h5-10H,11H2,1-4H3. The van der Waals surface area contributed by atoms with E-state index in [-0.39, 0.29) is 23.7 Å². The maximum Gasteiger partial charge on any atom is 0.273 e. The Kier molecular flexibility index (Phi) is 6.11. The molecule has 0 radical (unpaired) electrons. The van der Waals surface area contributed by atoms with E-state index in [1.54, 1.807) is 18.2 Å². The number of nitrogens with zero attached hydrogens (tertiary/aromatic N) is 2. The number of benzene rings is 2. The number of sulfonamides is 1. The van der Waals surface area contributed by atoms with Gasteiger partial charge < -0.3 is 14.2 Å². The van der Waals surface area contributed by atoms with E-state index in [0.717, 1.165) is 10.6 Å². The van der Waals surface area contributed by atoms with Gasteiger partial charge in [-0.3, -0.25) is 14.4 Å². The van der Waals surface area contributed by atoms with Gasteiger partial charge in [0.2, 0.25) is 10.0 Å². The number of nitro benzene ring substituents is 1. The maximum absolute atomic E-state index is 11.9. The molecule has 0 heterocycles. The molecule has 0 aliphatic carbocycles. The molecule has 10 heteroatoms. The molecule has 0 saturated heterocycles. The Morgan fingerprint density at radius 1 is 1.07 bits per heavy atom. The summed E-state index contributed by atoms with van der Waals surface area (Å²) in [6.45, 7) is -0.00779. The van der Waals surface area contributed by atoms with Gasteiger partial charge in [0.1, 0.15) is 18.1 Å². The Hall–Kier alpha value is -3.01. The molecule has 0 spiro atoms. The zero-order chi connectivity index (χ0) is 20.2. The first-order chi connectivity index (χ1) is 12.7. The molecule has 2 aromatic carbocycles. The van der Waals surface area contributed by atoms with E-state index in [1.807, 2.05) is 0 Å². The van der Waals surface area contributed by atoms with Crippen LogP contribution in [-0.4, -0.2) is 40.9 Å². The summed E-state index contributed by atoms with van der Waals surface area (Å²) in [7, 11) is 0.785. The number of ether oxygens (including phenoxy) is 3. The predicted octanol–water partition coefficient (Wildman–Crippen LogP) is 2.59. The molecule has 0 aliphatic heterocycles. The highest BCUT2D eigenvalue weighted by Crippen LogP contribution is 2.34. The Labute approximate surface area is 157 Å². The van der Waals surface area contributed by atoms with Crippen LogP contribution in [0.5, 0.6) is 17.2 Å². The minimum Gasteiger partial charge on any atom is -0.497 e. The van der Waals surface area contributed by atoms with Crippen molar-refractivity contribution in [2.75, 3.05) is 31.8 Å². The number of methoxy groups -OCH3 is 2. The third kappa shape index (κ3) is 4.79. The summed E-state index contributed by atoms with van der Waals surface area (Å²) in [6, 6.07) is 8.86. The van der Waals surface area contributed by atoms with E-state index >= 15 is 0 Å². The second kappa shape index (κ2) is 8.12. The highest BCUT2D eigenvalue weighted by molar-refractivity contribution is 7.92. The summed E-state index contributed by atoms with van der Waals surface area (Å²) < 4.78 is 40.9. The normalized spacial score (nSPS) is 11.0. The number of rotatable bonds is 8. The smallest absolute Gasteiger partial charge is 0.273 e. The number of hydrogen-bond donors (Lipinski definition) is 0. The van der Waals surface area contributed by atoms with Crippen LogP contribution in [0.25, 0.3) is 0 Å². The van der Waals surface area contributed by atoms with Crippen LogP contribution in [0.3, 0.4) is 0 Å². The number of hydrogen-bond acceptors (Lipinski definition) is 7. The first kappa shape index (κ1) is 20.3. The van der Waals surface area contributed by atoms with Crippen LogP contribution in [0.2, 0.25) is 0 Å². The number of nitro groups is 1. The van der Waals surface area contributed by atoms with Crippen molar-refractivity contribution in [2.24, 2.45) is 0 Å². The number of non-ortho nitro benzene ring substituents is 1. The van der Waals surface area contributed by atoms with E-state index in [2.05, 4.69) is 0 Å². The summed E-state index contributed by atoms with van der Waals surface area (Å²) in [5.74, 6) is 1.18. The molecule has 0 atom stereocenters. The molecule has 2 rings (SSSR count). The molecule has 0 N–H and O–H groups in total. The summed E-state index contributed by atoms with van der Waals surface area (Å²) in [5, 5.41) is 11.1. The lowest BCUT2D eigenvalue weighted by Gasteiger charge is -2.20. The van der Waals surface area contributed by atoms with Crippen LogP contribution < -0.4 is 18.5 Å². The molecule has 27 heavy (non-hydrogen) atoms. The van der Waals surface area contributed by atoms with E-state index < -0.39 is 14.9 Å². The van der Waals surface area contributed by atoms with Gasteiger partial charge in [-0.25, -0.2) is 8.42 Å². The first-order valence-electron chi connectivity index (χ1n) is 7.73. The fraction of sp³-hybridized carbons (Fsp3) is 0.294. The van der Waals surface area contributed by atoms with Crippen LogP contribution in [-0.2, 0) is 16.6 Å². The van der Waals surface area contributed by atoms with Crippen LogP contribution in [0.1, 0.15) is 5.56 Å². The van der Waals surface area contributed by atoms with Crippen molar-refractivity contribution in [1.29, 1.82) is 0 Å². The van der Waals surface area contributed by atoms with Crippen molar-refractivity contribution in [1.82, 2.24) is 0 Å². The van der Waals surface area contributed by atoms with E-state index in [1.165, 1.54) is 39.5 Å². The lowest BCUT2D eigenvalue weighted by molar-refractivity contribution is -0.384. The Morgan fingerprint density at radius 3 is 2.33 bits per heavy atom. The third-order valence-corrected chi connectivity index (χ3v) is 5.05. The molecule has 0 unspecified atom stereocenters. The maximum atomic E-state index is 11.9. The number of anilines is 1. The first-order valence-corrected chi connectivity index (χ1v) is 9.58. The van der Waals surface area contributed by atoms with Gasteiger partial charge in [0.05, 0.1) is 37.2 Å². The zero-order valence-electron chi connectivity index (χ0n) is 15.3. The van der Waals surface area contributed by atoms with Crippen LogP contribution in [0, 0.1) is 10.1 Å². The van der Waals surface area contributed by atoms with E-state index in [9.17, 15) is 18.5 Å². The summed E-state index contributed by atoms with van der Waals surface area (Å²) >= 11 is 0. The van der Waals surface area contributed by atoms with Gasteiger partial charge in [0, 0.05) is 18.7 Å². The van der Waals surface area contributed by atoms with Crippen molar-refractivity contribution < 1.29 is 27.6 Å². The van der Waals surface area contributed by atoms with Gasteiger partial charge in [-0.15, -0.1) is 0 Å². The Morgan fingerprint density at radius 2 is 1.78 bits per heavy atom. The quantitative estimate of drug-likeness (QED) is 0.498. The third-order valence-electron chi connectivity index (χ3n) is 3.86. The Bertz CT molecular complexity index is 944. The molecule has 0 aliphatic rings. The predicted molar refractivity (Wildman–Crippen MR) is 100 cm³/mol. The molecule has 0 fully saturated rings. The van der Waals surface area contributed by atoms with Gasteiger partial charge in [0.25, 0.3) is 5.69 Å². The van der Waals surface area contributed by atoms with Gasteiger partial charge in [-0.1, -0.05) is 0 Å². The van der Waals surface area contributed by atoms with Gasteiger partial charge >= 0.3 is 0 Å². The molecular formula is C17H20N2O7S. The second-order valence-electron chi connectivity index (χ2n) is 5.61. The van der Waals surface area contributed by atoms with Crippen molar-refractivity contribution in [3.63, 3.8) is 0 Å². The van der Waals surface area contributed by atoms with E-state index in [0.29, 0.717) is 17.1 Å². The van der Waals surface area contributed by atoms with Crippen molar-refractivity contribution in [3.05, 3.63) is 52.1 Å². The molecule has 0 amide bonds. The minimum atomic E-state index is -3.58. The highest BCUT2D eigenvalue weighted by Gasteiger charge is 2.20. The second-order valence-corrected chi connectivity index (χ2v) is 7.62. The van der Waals surface area contributed by atoms with Crippen molar-refractivity contribution in [2.45, 2.75) is 6.61 Å². The van der Waals surface area contributed by atoms with Crippen LogP contribution >= 0.6 is 0 Å². The summed E-state index contributed by atoms with van der Waals surface area (Å²) in [5.41, 5.74) is 0.606. The highest BCUT2D eigenvalue weighted by atomic mass is 32.2. The molecule has 0 aromatic heterocycles. The molecule has 0 saturated carbocycles. The molecule has 9 nitrogen and oxygen atoms in total. The van der Waals surface area contributed by atoms with E-state index in [4.69, 9.17) is 14.2 Å². The van der Waals surface area contributed by atoms with Gasteiger partial charge in [-0.05, 0) is 24.3 Å².